The summed E-state index contributed by atoms with van der Waals surface area (Å²) in [5.74, 6) is 1.56. The molecule has 2 saturated heterocycles. The molecule has 0 amide bonds. The van der Waals surface area contributed by atoms with E-state index in [0.29, 0.717) is 18.0 Å². The number of nitrogens with one attached hydrogen (secondary N) is 2. The van der Waals surface area contributed by atoms with Gasteiger partial charge in [-0.25, -0.2) is 0 Å². The van der Waals surface area contributed by atoms with Gasteiger partial charge in [-0.3, -0.25) is 14.8 Å². The average Bonchev–Trinajstić information content (AvgIpc) is 2.89. The Labute approximate surface area is 171 Å². The average molecular weight is 467 g/mol. The highest BCUT2D eigenvalue weighted by molar-refractivity contribution is 14.0. The van der Waals surface area contributed by atoms with Gasteiger partial charge in [-0.1, -0.05) is 6.92 Å². The van der Waals surface area contributed by atoms with Gasteiger partial charge in [0.05, 0.1) is 13.2 Å². The van der Waals surface area contributed by atoms with E-state index in [1.54, 1.807) is 0 Å². The number of likely N-dealkylation sites (tertiary alicyclic amines) is 1. The van der Waals surface area contributed by atoms with Gasteiger partial charge in [-0.15, -0.1) is 24.0 Å². The Hall–Kier alpha value is -0.120. The van der Waals surface area contributed by atoms with Gasteiger partial charge in [0, 0.05) is 57.4 Å². The molecule has 0 saturated carbocycles. The first-order valence-corrected chi connectivity index (χ1v) is 9.37. The summed E-state index contributed by atoms with van der Waals surface area (Å²) >= 11 is 0. The molecule has 2 unspecified atom stereocenters. The van der Waals surface area contributed by atoms with Crippen LogP contribution in [0.1, 0.15) is 34.6 Å². The summed E-state index contributed by atoms with van der Waals surface area (Å²) in [7, 11) is 1.85. The molecule has 2 N–H and O–H groups in total. The predicted molar refractivity (Wildman–Crippen MR) is 116 cm³/mol. The van der Waals surface area contributed by atoms with Gasteiger partial charge in [-0.2, -0.15) is 0 Å². The monoisotopic (exact) mass is 467 g/mol. The second kappa shape index (κ2) is 10.3. The van der Waals surface area contributed by atoms with Crippen molar-refractivity contribution in [1.82, 2.24) is 20.4 Å². The topological polar surface area (TPSA) is 52.1 Å². The van der Waals surface area contributed by atoms with Crippen molar-refractivity contribution in [3.8, 4) is 0 Å². The molecule has 2 aliphatic heterocycles. The Bertz CT molecular complexity index is 430. The summed E-state index contributed by atoms with van der Waals surface area (Å²) in [5, 5.41) is 7.10. The van der Waals surface area contributed by atoms with E-state index in [2.05, 4.69) is 60.0 Å². The number of guanidine groups is 1. The van der Waals surface area contributed by atoms with Crippen molar-refractivity contribution < 1.29 is 4.74 Å². The van der Waals surface area contributed by atoms with Crippen LogP contribution in [0.4, 0.5) is 0 Å². The lowest BCUT2D eigenvalue weighted by molar-refractivity contribution is -0.0496. The number of halogens is 1. The predicted octanol–water partition coefficient (Wildman–Crippen LogP) is 1.61. The van der Waals surface area contributed by atoms with Crippen molar-refractivity contribution >= 4 is 29.9 Å². The highest BCUT2D eigenvalue weighted by Gasteiger charge is 2.32. The molecule has 7 heteroatoms. The van der Waals surface area contributed by atoms with E-state index in [4.69, 9.17) is 4.74 Å². The van der Waals surface area contributed by atoms with Crippen LogP contribution in [0.15, 0.2) is 4.99 Å². The minimum absolute atomic E-state index is 0. The van der Waals surface area contributed by atoms with Gasteiger partial charge in [-0.05, 0) is 33.6 Å². The van der Waals surface area contributed by atoms with E-state index in [-0.39, 0.29) is 29.5 Å². The first-order chi connectivity index (χ1) is 11.3. The van der Waals surface area contributed by atoms with Gasteiger partial charge >= 0.3 is 0 Å². The fraction of sp³-hybridized carbons (Fsp3) is 0.944. The van der Waals surface area contributed by atoms with E-state index < -0.39 is 0 Å². The lowest BCUT2D eigenvalue weighted by atomic mass is 10.0. The van der Waals surface area contributed by atoms with Crippen LogP contribution in [0.3, 0.4) is 0 Å². The molecule has 0 bridgehead atoms. The zero-order valence-electron chi connectivity index (χ0n) is 16.8. The molecule has 2 aliphatic rings. The van der Waals surface area contributed by atoms with Crippen molar-refractivity contribution in [2.24, 2.45) is 10.9 Å². The van der Waals surface area contributed by atoms with Crippen LogP contribution in [-0.2, 0) is 4.74 Å². The first kappa shape index (κ1) is 22.9. The number of hydrogen-bond acceptors (Lipinski definition) is 4. The molecule has 25 heavy (non-hydrogen) atoms. The second-order valence-electron chi connectivity index (χ2n) is 8.13. The highest BCUT2D eigenvalue weighted by Crippen LogP contribution is 2.19. The third-order valence-electron chi connectivity index (χ3n) is 5.41. The molecular formula is C18H38IN5O. The molecule has 2 heterocycles. The first-order valence-electron chi connectivity index (χ1n) is 9.37. The van der Waals surface area contributed by atoms with Crippen LogP contribution in [0.5, 0.6) is 0 Å². The standard InChI is InChI=1S/C18H37N5O.HI/c1-14(2)22-11-15(3)16(12-22)21-17(19-6)20-7-8-23-9-10-24-13-18(23,4)5;/h14-16H,7-13H2,1-6H3,(H2,19,20,21);1H. The van der Waals surface area contributed by atoms with E-state index in [0.717, 1.165) is 51.9 Å². The zero-order valence-corrected chi connectivity index (χ0v) is 19.2. The molecule has 0 spiro atoms. The maximum atomic E-state index is 5.59. The van der Waals surface area contributed by atoms with Crippen molar-refractivity contribution in [2.75, 3.05) is 53.0 Å². The van der Waals surface area contributed by atoms with Gasteiger partial charge < -0.3 is 15.4 Å². The Balaban J connectivity index is 0.00000312. The molecule has 6 nitrogen and oxygen atoms in total. The number of ether oxygens (including phenoxy) is 1. The molecule has 148 valence electrons. The van der Waals surface area contributed by atoms with Crippen LogP contribution in [0, 0.1) is 5.92 Å². The lowest BCUT2D eigenvalue weighted by Gasteiger charge is -2.42. The molecule has 0 radical (unpaired) electrons. The highest BCUT2D eigenvalue weighted by atomic mass is 127. The van der Waals surface area contributed by atoms with Gasteiger partial charge in [0.1, 0.15) is 0 Å². The van der Waals surface area contributed by atoms with Crippen LogP contribution < -0.4 is 10.6 Å². The van der Waals surface area contributed by atoms with Crippen LogP contribution in [0.2, 0.25) is 0 Å². The molecule has 0 aromatic heterocycles. The van der Waals surface area contributed by atoms with Crippen LogP contribution >= 0.6 is 24.0 Å². The Kier molecular flexibility index (Phi) is 9.42. The molecule has 2 rings (SSSR count). The molecular weight excluding hydrogens is 429 g/mol. The third-order valence-corrected chi connectivity index (χ3v) is 5.41. The normalized spacial score (nSPS) is 28.0. The van der Waals surface area contributed by atoms with E-state index >= 15 is 0 Å². The van der Waals surface area contributed by atoms with Crippen LogP contribution in [0.25, 0.3) is 0 Å². The van der Waals surface area contributed by atoms with Crippen molar-refractivity contribution in [3.05, 3.63) is 0 Å². The van der Waals surface area contributed by atoms with E-state index in [9.17, 15) is 0 Å². The van der Waals surface area contributed by atoms with Crippen molar-refractivity contribution in [3.63, 3.8) is 0 Å². The maximum absolute atomic E-state index is 5.59. The second-order valence-corrected chi connectivity index (χ2v) is 8.13. The lowest BCUT2D eigenvalue weighted by Crippen LogP contribution is -2.55. The van der Waals surface area contributed by atoms with Crippen molar-refractivity contribution in [1.29, 1.82) is 0 Å². The number of rotatable bonds is 5. The minimum Gasteiger partial charge on any atom is -0.378 e. The summed E-state index contributed by atoms with van der Waals surface area (Å²) in [6.45, 7) is 18.2. The summed E-state index contributed by atoms with van der Waals surface area (Å²) in [5.41, 5.74) is 0.120. The van der Waals surface area contributed by atoms with Crippen LogP contribution in [-0.4, -0.2) is 86.4 Å². The summed E-state index contributed by atoms with van der Waals surface area (Å²) in [4.78, 5) is 9.44. The number of hydrogen-bond donors (Lipinski definition) is 2. The molecule has 2 fully saturated rings. The number of aliphatic imine (C=N–C) groups is 1. The van der Waals surface area contributed by atoms with E-state index in [1.807, 2.05) is 7.05 Å². The summed E-state index contributed by atoms with van der Waals surface area (Å²) in [6.07, 6.45) is 0. The zero-order chi connectivity index (χ0) is 17.7. The maximum Gasteiger partial charge on any atom is 0.191 e. The number of nitrogens with zero attached hydrogens (tertiary/aromatic N) is 3. The smallest absolute Gasteiger partial charge is 0.191 e. The van der Waals surface area contributed by atoms with Gasteiger partial charge in [0.25, 0.3) is 0 Å². The third kappa shape index (κ3) is 6.52. The molecule has 0 aliphatic carbocycles. The fourth-order valence-corrected chi connectivity index (χ4v) is 3.60. The molecule has 0 aromatic rings. The Morgan fingerprint density at radius 2 is 2.04 bits per heavy atom. The summed E-state index contributed by atoms with van der Waals surface area (Å²) < 4.78 is 5.59. The molecule has 2 atom stereocenters. The fourth-order valence-electron chi connectivity index (χ4n) is 3.60. The van der Waals surface area contributed by atoms with E-state index in [1.165, 1.54) is 0 Å². The quantitative estimate of drug-likeness (QED) is 0.366. The summed E-state index contributed by atoms with van der Waals surface area (Å²) in [6, 6.07) is 1.08. The SMILES string of the molecule is CN=C(NCCN1CCOCC1(C)C)NC1CN(C(C)C)CC1C.I. The van der Waals surface area contributed by atoms with Gasteiger partial charge in [0.2, 0.25) is 0 Å². The van der Waals surface area contributed by atoms with Crippen molar-refractivity contribution in [2.45, 2.75) is 52.2 Å². The largest absolute Gasteiger partial charge is 0.378 e. The minimum atomic E-state index is 0. The Morgan fingerprint density at radius 3 is 2.60 bits per heavy atom. The van der Waals surface area contributed by atoms with Gasteiger partial charge in [0.15, 0.2) is 5.96 Å². The Morgan fingerprint density at radius 1 is 1.32 bits per heavy atom. The number of morpholine rings is 1. The molecule has 0 aromatic carbocycles.